The number of ether oxygens (including phenoxy) is 2. The summed E-state index contributed by atoms with van der Waals surface area (Å²) in [6.07, 6.45) is -4.74. The molecule has 2 aliphatic rings. The molecule has 0 spiro atoms. The number of nitrogens with zero attached hydrogens (tertiary/aromatic N) is 3. The molecule has 1 unspecified atom stereocenters. The molecule has 7 nitrogen and oxygen atoms in total. The van der Waals surface area contributed by atoms with Crippen molar-refractivity contribution in [1.29, 1.82) is 0 Å². The zero-order valence-corrected chi connectivity index (χ0v) is 20.7. The van der Waals surface area contributed by atoms with Gasteiger partial charge in [-0.2, -0.15) is 27.1 Å². The van der Waals surface area contributed by atoms with Crippen molar-refractivity contribution in [2.45, 2.75) is 51.5 Å². The topological polar surface area (TPSA) is 74.9 Å². The zero-order valence-electron chi connectivity index (χ0n) is 20.7. The largest absolute Gasteiger partial charge is 0.457 e. The molecule has 2 aliphatic heterocycles. The van der Waals surface area contributed by atoms with Crippen molar-refractivity contribution in [3.8, 4) is 28.5 Å². The number of alkyl halides is 5. The third kappa shape index (κ3) is 4.27. The number of hydrogen-bond donors (Lipinski definition) is 0. The van der Waals surface area contributed by atoms with Crippen LogP contribution in [0.4, 0.5) is 22.0 Å². The molecule has 12 heteroatoms. The Bertz CT molecular complexity index is 1480. The highest BCUT2D eigenvalue weighted by Crippen LogP contribution is 2.51. The Morgan fingerprint density at radius 3 is 2.50 bits per heavy atom. The molecule has 0 radical (unpaired) electrons. The number of para-hydroxylation sites is 1. The van der Waals surface area contributed by atoms with Gasteiger partial charge in [-0.15, -0.1) is 0 Å². The van der Waals surface area contributed by atoms with E-state index in [1.54, 1.807) is 38.1 Å². The van der Waals surface area contributed by atoms with Gasteiger partial charge in [0.05, 0.1) is 11.5 Å². The van der Waals surface area contributed by atoms with Gasteiger partial charge in [0.1, 0.15) is 22.8 Å². The van der Waals surface area contributed by atoms with Gasteiger partial charge in [-0.05, 0) is 44.0 Å². The summed E-state index contributed by atoms with van der Waals surface area (Å²) in [5.41, 5.74) is -1.66. The Labute approximate surface area is 213 Å². The molecule has 1 aromatic heterocycles. The van der Waals surface area contributed by atoms with E-state index in [1.807, 2.05) is 0 Å². The van der Waals surface area contributed by atoms with E-state index in [-0.39, 0.29) is 29.0 Å². The van der Waals surface area contributed by atoms with Crippen LogP contribution in [0.25, 0.3) is 11.1 Å². The molecule has 0 aliphatic carbocycles. The predicted molar refractivity (Wildman–Crippen MR) is 126 cm³/mol. The predicted octanol–water partition coefficient (Wildman–Crippen LogP) is 6.38. The number of hydrogen-bond acceptors (Lipinski definition) is 6. The van der Waals surface area contributed by atoms with Crippen molar-refractivity contribution in [1.82, 2.24) is 9.78 Å². The van der Waals surface area contributed by atoms with E-state index in [1.165, 1.54) is 19.1 Å². The smallest absolute Gasteiger partial charge is 0.435 e. The van der Waals surface area contributed by atoms with Crippen molar-refractivity contribution >= 4 is 11.5 Å². The maximum absolute atomic E-state index is 14.0. The number of aromatic nitrogens is 2. The summed E-state index contributed by atoms with van der Waals surface area (Å²) in [4.78, 5) is 19.3. The lowest BCUT2D eigenvalue weighted by atomic mass is 9.78. The van der Waals surface area contributed by atoms with Crippen molar-refractivity contribution in [3.05, 3.63) is 58.8 Å². The summed E-state index contributed by atoms with van der Waals surface area (Å²) in [7, 11) is 1.08. The van der Waals surface area contributed by atoms with Crippen molar-refractivity contribution in [2.24, 2.45) is 12.2 Å². The van der Waals surface area contributed by atoms with Crippen LogP contribution in [0.1, 0.15) is 48.6 Å². The molecule has 3 heterocycles. The highest BCUT2D eigenvalue weighted by molar-refractivity contribution is 6.43. The SMILES string of the molecule is Cc1c(-c2c(C(F)(F)F)nn(C)c2OC(F)F)ccc2c1C(C(=O)C1=NOC(C)(C)C1)c1ccccc1O2. The quantitative estimate of drug-likeness (QED) is 0.355. The number of benzene rings is 2. The van der Waals surface area contributed by atoms with Gasteiger partial charge in [0.15, 0.2) is 11.5 Å². The van der Waals surface area contributed by atoms with Crippen LogP contribution in [0.5, 0.6) is 17.4 Å². The number of Topliss-reactive ketones (excluding diaryl/α,β-unsaturated/α-hetero) is 1. The molecule has 1 atom stereocenters. The molecule has 0 amide bonds. The summed E-state index contributed by atoms with van der Waals surface area (Å²) in [5.74, 6) is -1.50. The van der Waals surface area contributed by atoms with Crippen LogP contribution in [0.2, 0.25) is 0 Å². The van der Waals surface area contributed by atoms with Crippen LogP contribution in [-0.2, 0) is 22.9 Å². The second-order valence-corrected chi connectivity index (χ2v) is 9.68. The number of fused-ring (bicyclic) bond motifs is 2. The first-order valence-corrected chi connectivity index (χ1v) is 11.6. The molecule has 2 aromatic carbocycles. The first kappa shape index (κ1) is 25.7. The van der Waals surface area contributed by atoms with Gasteiger partial charge in [0.2, 0.25) is 5.88 Å². The number of rotatable bonds is 5. The lowest BCUT2D eigenvalue weighted by molar-refractivity contribution is -0.141. The maximum atomic E-state index is 14.0. The number of ketones is 1. The average molecular weight is 535 g/mol. The van der Waals surface area contributed by atoms with Crippen LogP contribution in [0, 0.1) is 6.92 Å². The third-order valence-corrected chi connectivity index (χ3v) is 6.49. The van der Waals surface area contributed by atoms with Gasteiger partial charge in [0, 0.05) is 24.6 Å². The second-order valence-electron chi connectivity index (χ2n) is 9.68. The molecule has 0 bridgehead atoms. The molecule has 200 valence electrons. The Morgan fingerprint density at radius 2 is 1.87 bits per heavy atom. The summed E-state index contributed by atoms with van der Waals surface area (Å²) >= 11 is 0. The number of carbonyl (C=O) groups is 1. The minimum atomic E-state index is -4.97. The molecule has 0 N–H and O–H groups in total. The Balaban J connectivity index is 1.74. The lowest BCUT2D eigenvalue weighted by Gasteiger charge is -2.30. The maximum Gasteiger partial charge on any atom is 0.435 e. The molecule has 0 fully saturated rings. The summed E-state index contributed by atoms with van der Waals surface area (Å²) in [6.45, 7) is 1.66. The van der Waals surface area contributed by atoms with E-state index in [0.29, 0.717) is 21.6 Å². The monoisotopic (exact) mass is 535 g/mol. The van der Waals surface area contributed by atoms with Gasteiger partial charge < -0.3 is 14.3 Å². The average Bonchev–Trinajstić information content (AvgIpc) is 3.36. The Kier molecular flexibility index (Phi) is 5.96. The van der Waals surface area contributed by atoms with Gasteiger partial charge in [-0.3, -0.25) is 4.79 Å². The number of carbonyl (C=O) groups excluding carboxylic acids is 1. The molecule has 38 heavy (non-hydrogen) atoms. The van der Waals surface area contributed by atoms with Crippen LogP contribution in [0.15, 0.2) is 41.6 Å². The van der Waals surface area contributed by atoms with Gasteiger partial charge in [-0.1, -0.05) is 29.4 Å². The Hall–Kier alpha value is -3.96. The Morgan fingerprint density at radius 1 is 1.16 bits per heavy atom. The van der Waals surface area contributed by atoms with Crippen LogP contribution >= 0.6 is 0 Å². The number of halogens is 5. The van der Waals surface area contributed by atoms with Gasteiger partial charge >= 0.3 is 12.8 Å². The first-order valence-electron chi connectivity index (χ1n) is 11.6. The highest BCUT2D eigenvalue weighted by Gasteiger charge is 2.44. The summed E-state index contributed by atoms with van der Waals surface area (Å²) < 4.78 is 79.5. The number of aryl methyl sites for hydroxylation is 1. The molecular weight excluding hydrogens is 513 g/mol. The van der Waals surface area contributed by atoms with Gasteiger partial charge in [-0.25, -0.2) is 4.68 Å². The molecule has 0 saturated heterocycles. The highest BCUT2D eigenvalue weighted by atomic mass is 19.4. The minimum Gasteiger partial charge on any atom is -0.457 e. The normalized spacial score (nSPS) is 17.8. The van der Waals surface area contributed by atoms with Crippen molar-refractivity contribution in [3.63, 3.8) is 0 Å². The third-order valence-electron chi connectivity index (χ3n) is 6.49. The standard InChI is InChI=1S/C26H22F5N3O4/c1-12-13(20-22(26(29,30)31)32-34(4)23(20)37-24(27)28)9-10-17-18(12)19(14-7-5-6-8-16(14)36-17)21(35)15-11-25(2,3)38-33-15/h5-10,19,24H,11H2,1-4H3. The first-order chi connectivity index (χ1) is 17.8. The summed E-state index contributed by atoms with van der Waals surface area (Å²) in [5, 5.41) is 7.41. The van der Waals surface area contributed by atoms with Crippen LogP contribution in [-0.4, -0.2) is 33.5 Å². The fourth-order valence-electron chi connectivity index (χ4n) is 4.89. The molecular formula is C26H22F5N3O4. The van der Waals surface area contributed by atoms with E-state index in [9.17, 15) is 26.7 Å². The van der Waals surface area contributed by atoms with E-state index in [0.717, 1.165) is 7.05 Å². The fraction of sp³-hybridized carbons (Fsp3) is 0.346. The van der Waals surface area contributed by atoms with E-state index in [4.69, 9.17) is 9.57 Å². The molecule has 5 rings (SSSR count). The minimum absolute atomic E-state index is 0.0782. The van der Waals surface area contributed by atoms with E-state index >= 15 is 0 Å². The zero-order chi connectivity index (χ0) is 27.6. The van der Waals surface area contributed by atoms with Gasteiger partial charge in [0.25, 0.3) is 0 Å². The second kappa shape index (κ2) is 8.81. The van der Waals surface area contributed by atoms with Crippen LogP contribution < -0.4 is 9.47 Å². The molecule has 3 aromatic rings. The van der Waals surface area contributed by atoms with Crippen LogP contribution in [0.3, 0.4) is 0 Å². The van der Waals surface area contributed by atoms with Crippen molar-refractivity contribution in [2.75, 3.05) is 0 Å². The fourth-order valence-corrected chi connectivity index (χ4v) is 4.89. The summed E-state index contributed by atoms with van der Waals surface area (Å²) in [6, 6.07) is 9.52. The lowest BCUT2D eigenvalue weighted by Crippen LogP contribution is -2.28. The van der Waals surface area contributed by atoms with E-state index < -0.39 is 47.2 Å². The molecule has 0 saturated carbocycles. The number of oxime groups is 1. The van der Waals surface area contributed by atoms with E-state index in [2.05, 4.69) is 15.0 Å². The van der Waals surface area contributed by atoms with Crippen molar-refractivity contribution < 1.29 is 41.1 Å².